The topological polar surface area (TPSA) is 29.3 Å². The fourth-order valence-electron chi connectivity index (χ4n) is 2.24. The molecular weight excluding hydrogens is 240 g/mol. The molecule has 18 heavy (non-hydrogen) atoms. The number of nitrogens with zero attached hydrogens (tertiary/aromatic N) is 1. The maximum atomic E-state index is 6.06. The Hall–Kier alpha value is -1.48. The highest BCUT2D eigenvalue weighted by Crippen LogP contribution is 2.26. The van der Waals surface area contributed by atoms with Gasteiger partial charge >= 0.3 is 0 Å². The maximum Gasteiger partial charge on any atom is 0.0627 e. The Kier molecular flexibility index (Phi) is 3.92. The number of thiophene rings is 1. The van der Waals surface area contributed by atoms with Crippen molar-refractivity contribution in [2.24, 2.45) is 0 Å². The van der Waals surface area contributed by atoms with Gasteiger partial charge in [0.25, 0.3) is 0 Å². The molecule has 0 bridgehead atoms. The van der Waals surface area contributed by atoms with Gasteiger partial charge in [-0.1, -0.05) is 12.1 Å². The van der Waals surface area contributed by atoms with E-state index in [0.29, 0.717) is 0 Å². The molecule has 1 aromatic heterocycles. The van der Waals surface area contributed by atoms with Gasteiger partial charge in [-0.15, -0.1) is 11.3 Å². The summed E-state index contributed by atoms with van der Waals surface area (Å²) >= 11 is 1.84. The fraction of sp³-hybridized carbons (Fsp3) is 0.333. The van der Waals surface area contributed by atoms with Crippen molar-refractivity contribution in [2.45, 2.75) is 20.3 Å². The average molecular weight is 260 g/mol. The molecule has 0 aliphatic rings. The van der Waals surface area contributed by atoms with Crippen molar-refractivity contribution in [2.75, 3.05) is 24.2 Å². The van der Waals surface area contributed by atoms with Crippen LogP contribution in [0.1, 0.15) is 16.0 Å². The van der Waals surface area contributed by atoms with Crippen LogP contribution in [0.5, 0.6) is 0 Å². The lowest BCUT2D eigenvalue weighted by atomic mass is 10.1. The third kappa shape index (κ3) is 2.67. The summed E-state index contributed by atoms with van der Waals surface area (Å²) in [4.78, 5) is 3.72. The first-order valence-electron chi connectivity index (χ1n) is 6.19. The minimum Gasteiger partial charge on any atom is -0.397 e. The molecule has 2 N–H and O–H groups in total. The van der Waals surface area contributed by atoms with Crippen molar-refractivity contribution in [3.05, 3.63) is 45.6 Å². The SMILES string of the molecule is Cc1ccsc1CCN(C)c1c(C)cccc1N. The first-order valence-corrected chi connectivity index (χ1v) is 7.06. The van der Waals surface area contributed by atoms with Gasteiger partial charge in [-0.3, -0.25) is 0 Å². The smallest absolute Gasteiger partial charge is 0.0627 e. The molecule has 1 aromatic carbocycles. The summed E-state index contributed by atoms with van der Waals surface area (Å²) in [6.07, 6.45) is 1.08. The molecule has 0 aliphatic heterocycles. The van der Waals surface area contributed by atoms with Crippen LogP contribution in [0.3, 0.4) is 0 Å². The monoisotopic (exact) mass is 260 g/mol. The number of aryl methyl sites for hydroxylation is 2. The highest BCUT2D eigenvalue weighted by Gasteiger charge is 2.09. The van der Waals surface area contributed by atoms with Gasteiger partial charge in [-0.05, 0) is 48.9 Å². The molecule has 96 valence electrons. The van der Waals surface area contributed by atoms with Gasteiger partial charge in [0.2, 0.25) is 0 Å². The lowest BCUT2D eigenvalue weighted by Gasteiger charge is -2.23. The number of rotatable bonds is 4. The second-order valence-corrected chi connectivity index (χ2v) is 5.71. The van der Waals surface area contributed by atoms with Gasteiger partial charge < -0.3 is 10.6 Å². The molecule has 1 heterocycles. The predicted molar refractivity (Wildman–Crippen MR) is 81.6 cm³/mol. The molecule has 0 atom stereocenters. The lowest BCUT2D eigenvalue weighted by Crippen LogP contribution is -2.22. The number of para-hydroxylation sites is 1. The lowest BCUT2D eigenvalue weighted by molar-refractivity contribution is 0.881. The summed E-state index contributed by atoms with van der Waals surface area (Å²) in [5, 5.41) is 2.16. The van der Waals surface area contributed by atoms with Gasteiger partial charge in [-0.2, -0.15) is 0 Å². The van der Waals surface area contributed by atoms with Crippen LogP contribution in [0.2, 0.25) is 0 Å². The van der Waals surface area contributed by atoms with Gasteiger partial charge in [0.1, 0.15) is 0 Å². The summed E-state index contributed by atoms with van der Waals surface area (Å²) < 4.78 is 0. The third-order valence-electron chi connectivity index (χ3n) is 3.29. The second-order valence-electron chi connectivity index (χ2n) is 4.71. The van der Waals surface area contributed by atoms with Crippen molar-refractivity contribution >= 4 is 22.7 Å². The summed E-state index contributed by atoms with van der Waals surface area (Å²) in [6.45, 7) is 5.28. The molecule has 0 fully saturated rings. The predicted octanol–water partition coefficient (Wildman–Crippen LogP) is 3.63. The van der Waals surface area contributed by atoms with E-state index in [1.807, 2.05) is 23.5 Å². The molecule has 0 unspecified atom stereocenters. The van der Waals surface area contributed by atoms with E-state index >= 15 is 0 Å². The number of benzene rings is 1. The molecule has 0 saturated heterocycles. The first-order chi connectivity index (χ1) is 8.59. The average Bonchev–Trinajstić information content (AvgIpc) is 2.72. The Morgan fingerprint density at radius 2 is 1.94 bits per heavy atom. The van der Waals surface area contributed by atoms with Crippen molar-refractivity contribution in [1.82, 2.24) is 0 Å². The molecule has 2 rings (SSSR count). The van der Waals surface area contributed by atoms with Crippen molar-refractivity contribution in [3.8, 4) is 0 Å². The molecule has 0 amide bonds. The first kappa shape index (κ1) is 13.0. The van der Waals surface area contributed by atoms with E-state index in [0.717, 1.165) is 24.3 Å². The van der Waals surface area contributed by atoms with Gasteiger partial charge in [0.15, 0.2) is 0 Å². The van der Waals surface area contributed by atoms with Crippen molar-refractivity contribution < 1.29 is 0 Å². The van der Waals surface area contributed by atoms with Crippen LogP contribution in [-0.4, -0.2) is 13.6 Å². The number of nitrogen functional groups attached to an aromatic ring is 1. The van der Waals surface area contributed by atoms with Crippen LogP contribution in [0.15, 0.2) is 29.6 Å². The van der Waals surface area contributed by atoms with E-state index in [4.69, 9.17) is 5.73 Å². The highest BCUT2D eigenvalue weighted by atomic mass is 32.1. The van der Waals surface area contributed by atoms with Crippen LogP contribution in [0.25, 0.3) is 0 Å². The van der Waals surface area contributed by atoms with Gasteiger partial charge in [-0.25, -0.2) is 0 Å². The van der Waals surface area contributed by atoms with Crippen LogP contribution < -0.4 is 10.6 Å². The zero-order chi connectivity index (χ0) is 13.1. The Morgan fingerprint density at radius 3 is 2.56 bits per heavy atom. The van der Waals surface area contributed by atoms with Crippen molar-refractivity contribution in [1.29, 1.82) is 0 Å². The quantitative estimate of drug-likeness (QED) is 0.851. The van der Waals surface area contributed by atoms with E-state index in [1.165, 1.54) is 16.0 Å². The van der Waals surface area contributed by atoms with E-state index in [1.54, 1.807) is 0 Å². The standard InChI is InChI=1S/C15H20N2S/c1-11-8-10-18-14(11)7-9-17(3)15-12(2)5-4-6-13(15)16/h4-6,8,10H,7,9,16H2,1-3H3. The molecule has 0 spiro atoms. The Labute approximate surface area is 113 Å². The Morgan fingerprint density at radius 1 is 1.17 bits per heavy atom. The van der Waals surface area contributed by atoms with Crippen LogP contribution in [-0.2, 0) is 6.42 Å². The summed E-state index contributed by atoms with van der Waals surface area (Å²) in [7, 11) is 2.11. The minimum absolute atomic E-state index is 0.861. The number of hydrogen-bond acceptors (Lipinski definition) is 3. The Bertz CT molecular complexity index is 511. The van der Waals surface area contributed by atoms with Gasteiger partial charge in [0, 0.05) is 18.5 Å². The van der Waals surface area contributed by atoms with Crippen LogP contribution >= 0.6 is 11.3 Å². The highest BCUT2D eigenvalue weighted by molar-refractivity contribution is 7.10. The summed E-state index contributed by atoms with van der Waals surface area (Å²) in [5.41, 5.74) is 10.7. The number of likely N-dealkylation sites (N-methyl/N-ethyl adjacent to an activating group) is 1. The number of hydrogen-bond donors (Lipinski definition) is 1. The van der Waals surface area contributed by atoms with E-state index < -0.39 is 0 Å². The van der Waals surface area contributed by atoms with E-state index in [2.05, 4.69) is 43.3 Å². The summed E-state index contributed by atoms with van der Waals surface area (Å²) in [5.74, 6) is 0. The van der Waals surface area contributed by atoms with Gasteiger partial charge in [0.05, 0.1) is 11.4 Å². The molecule has 2 nitrogen and oxygen atoms in total. The zero-order valence-electron chi connectivity index (χ0n) is 11.2. The van der Waals surface area contributed by atoms with Crippen LogP contribution in [0.4, 0.5) is 11.4 Å². The summed E-state index contributed by atoms with van der Waals surface area (Å²) in [6, 6.07) is 8.27. The zero-order valence-corrected chi connectivity index (χ0v) is 12.1. The van der Waals surface area contributed by atoms with Crippen molar-refractivity contribution in [3.63, 3.8) is 0 Å². The molecule has 0 saturated carbocycles. The fourth-order valence-corrected chi connectivity index (χ4v) is 3.14. The number of anilines is 2. The minimum atomic E-state index is 0.861. The second kappa shape index (κ2) is 5.44. The molecule has 3 heteroatoms. The van der Waals surface area contributed by atoms with Crippen LogP contribution in [0, 0.1) is 13.8 Å². The molecule has 0 radical (unpaired) electrons. The van der Waals surface area contributed by atoms with E-state index in [9.17, 15) is 0 Å². The molecule has 2 aromatic rings. The normalized spacial score (nSPS) is 10.6. The Balaban J connectivity index is 2.08. The third-order valence-corrected chi connectivity index (χ3v) is 4.38. The largest absolute Gasteiger partial charge is 0.397 e. The molecular formula is C15H20N2S. The van der Waals surface area contributed by atoms with E-state index in [-0.39, 0.29) is 0 Å². The maximum absolute atomic E-state index is 6.06. The number of nitrogens with two attached hydrogens (primary N) is 1. The molecule has 0 aliphatic carbocycles.